The lowest BCUT2D eigenvalue weighted by Crippen LogP contribution is -2.26. The molecule has 0 bridgehead atoms. The van der Waals surface area contributed by atoms with Gasteiger partial charge in [0, 0.05) is 6.04 Å². The number of hydrogen-bond acceptors (Lipinski definition) is 3. The highest BCUT2D eigenvalue weighted by Gasteiger charge is 2.08. The number of aliphatic hydroxyl groups is 1. The summed E-state index contributed by atoms with van der Waals surface area (Å²) in [5.74, 6) is 0.0491. The minimum Gasteiger partial charge on any atom is -0.506 e. The van der Waals surface area contributed by atoms with E-state index < -0.39 is 0 Å². The highest BCUT2D eigenvalue weighted by molar-refractivity contribution is 6.32. The molecule has 13 heavy (non-hydrogen) atoms. The van der Waals surface area contributed by atoms with E-state index in [1.807, 2.05) is 0 Å². The molecule has 0 amide bonds. The zero-order valence-electron chi connectivity index (χ0n) is 7.07. The van der Waals surface area contributed by atoms with E-state index in [1.165, 1.54) is 0 Å². The van der Waals surface area contributed by atoms with Gasteiger partial charge in [-0.3, -0.25) is 0 Å². The Balaban J connectivity index is 2.83. The minimum atomic E-state index is -0.357. The molecule has 1 aromatic rings. The molecular weight excluding hydrogens is 190 g/mol. The second kappa shape index (κ2) is 4.46. The monoisotopic (exact) mass is 201 g/mol. The average molecular weight is 202 g/mol. The first kappa shape index (κ1) is 10.3. The molecule has 0 fully saturated rings. The average Bonchev–Trinajstić information content (AvgIpc) is 2.13. The molecule has 1 aromatic carbocycles. The van der Waals surface area contributed by atoms with Crippen LogP contribution in [-0.4, -0.2) is 22.9 Å². The summed E-state index contributed by atoms with van der Waals surface area (Å²) in [7, 11) is 0. The van der Waals surface area contributed by atoms with Crippen molar-refractivity contribution in [2.24, 2.45) is 5.73 Å². The van der Waals surface area contributed by atoms with Gasteiger partial charge >= 0.3 is 0 Å². The van der Waals surface area contributed by atoms with E-state index in [2.05, 4.69) is 0 Å². The molecule has 0 radical (unpaired) electrons. The molecule has 4 heteroatoms. The maximum atomic E-state index is 9.47. The van der Waals surface area contributed by atoms with E-state index in [9.17, 15) is 5.11 Å². The molecule has 0 saturated heterocycles. The van der Waals surface area contributed by atoms with Crippen molar-refractivity contribution in [2.45, 2.75) is 12.5 Å². The first-order valence-corrected chi connectivity index (χ1v) is 4.35. The van der Waals surface area contributed by atoms with Crippen molar-refractivity contribution < 1.29 is 10.2 Å². The maximum Gasteiger partial charge on any atom is 0.137 e. The highest BCUT2D eigenvalue weighted by Crippen LogP contribution is 2.27. The number of benzene rings is 1. The fourth-order valence-corrected chi connectivity index (χ4v) is 1.27. The Morgan fingerprint density at radius 2 is 2.15 bits per heavy atom. The van der Waals surface area contributed by atoms with Crippen LogP contribution in [0.4, 0.5) is 0 Å². The molecule has 0 spiro atoms. The molecule has 1 unspecified atom stereocenters. The fourth-order valence-electron chi connectivity index (χ4n) is 1.07. The van der Waals surface area contributed by atoms with E-state index in [-0.39, 0.29) is 18.4 Å². The molecule has 0 aliphatic carbocycles. The van der Waals surface area contributed by atoms with Crippen LogP contribution in [0.5, 0.6) is 5.75 Å². The molecule has 0 saturated carbocycles. The normalized spacial score (nSPS) is 12.8. The zero-order valence-corrected chi connectivity index (χ0v) is 7.83. The van der Waals surface area contributed by atoms with Crippen LogP contribution in [0, 0.1) is 0 Å². The zero-order chi connectivity index (χ0) is 9.84. The predicted molar refractivity (Wildman–Crippen MR) is 51.9 cm³/mol. The summed E-state index contributed by atoms with van der Waals surface area (Å²) < 4.78 is 0. The number of hydrogen-bond donors (Lipinski definition) is 3. The van der Waals surface area contributed by atoms with Crippen LogP contribution in [0.15, 0.2) is 18.2 Å². The van der Waals surface area contributed by atoms with E-state index in [1.54, 1.807) is 18.2 Å². The number of aliphatic hydroxyl groups excluding tert-OH is 1. The Bertz CT molecular complexity index is 291. The van der Waals surface area contributed by atoms with Gasteiger partial charge in [0.15, 0.2) is 0 Å². The smallest absolute Gasteiger partial charge is 0.137 e. The molecule has 4 N–H and O–H groups in total. The van der Waals surface area contributed by atoms with Gasteiger partial charge < -0.3 is 15.9 Å². The third kappa shape index (κ3) is 2.59. The summed E-state index contributed by atoms with van der Waals surface area (Å²) in [5, 5.41) is 18.5. The van der Waals surface area contributed by atoms with Crippen LogP contribution in [0.25, 0.3) is 0 Å². The van der Waals surface area contributed by atoms with Gasteiger partial charge in [-0.25, -0.2) is 0 Å². The Labute approximate surface area is 81.8 Å². The fraction of sp³-hybridized carbons (Fsp3) is 0.333. The van der Waals surface area contributed by atoms with Gasteiger partial charge in [-0.1, -0.05) is 23.7 Å². The number of halogens is 1. The Morgan fingerprint density at radius 3 is 2.77 bits per heavy atom. The molecule has 3 nitrogen and oxygen atoms in total. The van der Waals surface area contributed by atoms with Crippen molar-refractivity contribution in [3.05, 3.63) is 28.8 Å². The minimum absolute atomic E-state index is 0.0491. The van der Waals surface area contributed by atoms with Gasteiger partial charge in [0.25, 0.3) is 0 Å². The topological polar surface area (TPSA) is 66.5 Å². The van der Waals surface area contributed by atoms with Gasteiger partial charge in [-0.05, 0) is 18.1 Å². The number of phenols is 1. The van der Waals surface area contributed by atoms with Gasteiger partial charge in [-0.2, -0.15) is 0 Å². The number of nitrogens with two attached hydrogens (primary N) is 1. The van der Waals surface area contributed by atoms with E-state index in [0.717, 1.165) is 0 Å². The first-order valence-electron chi connectivity index (χ1n) is 3.98. The number of rotatable bonds is 3. The molecule has 0 aliphatic heterocycles. The lowest BCUT2D eigenvalue weighted by Gasteiger charge is -2.09. The summed E-state index contributed by atoms with van der Waals surface area (Å²) >= 11 is 5.69. The summed E-state index contributed by atoms with van der Waals surface area (Å²) in [5.41, 5.74) is 6.18. The molecule has 0 aromatic heterocycles. The lowest BCUT2D eigenvalue weighted by molar-refractivity contribution is 0.264. The van der Waals surface area contributed by atoms with Crippen molar-refractivity contribution >= 4 is 11.6 Å². The van der Waals surface area contributed by atoms with Gasteiger partial charge in [0.1, 0.15) is 5.75 Å². The number of phenolic OH excluding ortho intramolecular Hbond substituents is 1. The molecule has 0 heterocycles. The van der Waals surface area contributed by atoms with Crippen LogP contribution in [-0.2, 0) is 6.42 Å². The van der Waals surface area contributed by atoms with E-state index in [0.29, 0.717) is 17.0 Å². The van der Waals surface area contributed by atoms with Gasteiger partial charge in [0.2, 0.25) is 0 Å². The van der Waals surface area contributed by atoms with Crippen molar-refractivity contribution in [2.75, 3.05) is 6.61 Å². The van der Waals surface area contributed by atoms with Crippen molar-refractivity contribution in [3.8, 4) is 5.75 Å². The van der Waals surface area contributed by atoms with Crippen molar-refractivity contribution in [1.82, 2.24) is 0 Å². The van der Waals surface area contributed by atoms with Crippen LogP contribution in [0.3, 0.4) is 0 Å². The molecule has 1 rings (SSSR count). The number of aromatic hydroxyl groups is 1. The SMILES string of the molecule is NC(CO)Cc1cccc(Cl)c1O. The maximum absolute atomic E-state index is 9.47. The van der Waals surface area contributed by atoms with E-state index in [4.69, 9.17) is 22.4 Å². The molecular formula is C9H12ClNO2. The Morgan fingerprint density at radius 1 is 1.46 bits per heavy atom. The predicted octanol–water partition coefficient (Wildman–Crippen LogP) is 0.908. The quantitative estimate of drug-likeness (QED) is 0.681. The third-order valence-corrected chi connectivity index (χ3v) is 2.09. The van der Waals surface area contributed by atoms with Crippen LogP contribution >= 0.6 is 11.6 Å². The second-order valence-electron chi connectivity index (χ2n) is 2.89. The number of para-hydroxylation sites is 1. The molecule has 1 atom stereocenters. The second-order valence-corrected chi connectivity index (χ2v) is 3.30. The summed E-state index contributed by atoms with van der Waals surface area (Å²) in [6.45, 7) is -0.105. The van der Waals surface area contributed by atoms with Gasteiger partial charge in [0.05, 0.1) is 11.6 Å². The Hall–Kier alpha value is -0.770. The van der Waals surface area contributed by atoms with Crippen LogP contribution < -0.4 is 5.73 Å². The molecule has 0 aliphatic rings. The Kier molecular flexibility index (Phi) is 3.54. The third-order valence-electron chi connectivity index (χ3n) is 1.79. The van der Waals surface area contributed by atoms with Crippen LogP contribution in [0.2, 0.25) is 5.02 Å². The summed E-state index contributed by atoms with van der Waals surface area (Å²) in [4.78, 5) is 0. The van der Waals surface area contributed by atoms with Crippen LogP contribution in [0.1, 0.15) is 5.56 Å². The standard InChI is InChI=1S/C9H12ClNO2/c10-8-3-1-2-6(9(8)13)4-7(11)5-12/h1-3,7,12-13H,4-5,11H2. The first-order chi connectivity index (χ1) is 6.15. The molecule has 72 valence electrons. The van der Waals surface area contributed by atoms with Crippen molar-refractivity contribution in [1.29, 1.82) is 0 Å². The highest BCUT2D eigenvalue weighted by atomic mass is 35.5. The van der Waals surface area contributed by atoms with E-state index >= 15 is 0 Å². The summed E-state index contributed by atoms with van der Waals surface area (Å²) in [6, 6.07) is 4.72. The lowest BCUT2D eigenvalue weighted by atomic mass is 10.1. The summed E-state index contributed by atoms with van der Waals surface area (Å²) in [6.07, 6.45) is 0.420. The van der Waals surface area contributed by atoms with Crippen molar-refractivity contribution in [3.63, 3.8) is 0 Å². The van der Waals surface area contributed by atoms with Gasteiger partial charge in [-0.15, -0.1) is 0 Å². The largest absolute Gasteiger partial charge is 0.506 e.